The van der Waals surface area contributed by atoms with Crippen LogP contribution in [0, 0.1) is 0 Å². The molecule has 16 heavy (non-hydrogen) atoms. The summed E-state index contributed by atoms with van der Waals surface area (Å²) in [6.45, 7) is -2.79. The third-order valence-corrected chi connectivity index (χ3v) is 2.89. The second-order valence-electron chi connectivity index (χ2n) is 3.32. The predicted octanol–water partition coefficient (Wildman–Crippen LogP) is 4.34. The van der Waals surface area contributed by atoms with E-state index in [2.05, 4.69) is 20.7 Å². The van der Waals surface area contributed by atoms with Gasteiger partial charge >= 0.3 is 6.61 Å². The minimum atomic E-state index is -2.79. The number of alkyl halides is 3. The van der Waals surface area contributed by atoms with E-state index < -0.39 is 6.61 Å². The number of benzene rings is 2. The molecule has 0 heterocycles. The molecule has 2 aromatic carbocycles. The van der Waals surface area contributed by atoms with E-state index in [1.165, 1.54) is 0 Å². The molecule has 84 valence electrons. The van der Waals surface area contributed by atoms with Crippen LogP contribution in [0.5, 0.6) is 5.75 Å². The monoisotopic (exact) mass is 286 g/mol. The summed E-state index contributed by atoms with van der Waals surface area (Å²) >= 11 is 3.34. The highest BCUT2D eigenvalue weighted by atomic mass is 79.9. The number of rotatable bonds is 3. The van der Waals surface area contributed by atoms with Gasteiger partial charge in [-0.25, -0.2) is 0 Å². The first-order chi connectivity index (χ1) is 7.70. The smallest absolute Gasteiger partial charge is 0.387 e. The summed E-state index contributed by atoms with van der Waals surface area (Å²) in [4.78, 5) is 0. The van der Waals surface area contributed by atoms with Gasteiger partial charge in [0.2, 0.25) is 0 Å². The average Bonchev–Trinajstić information content (AvgIpc) is 2.27. The van der Waals surface area contributed by atoms with Gasteiger partial charge < -0.3 is 4.74 Å². The van der Waals surface area contributed by atoms with Crippen LogP contribution >= 0.6 is 15.9 Å². The minimum Gasteiger partial charge on any atom is -0.435 e. The largest absolute Gasteiger partial charge is 0.435 e. The molecule has 0 unspecified atom stereocenters. The van der Waals surface area contributed by atoms with Gasteiger partial charge in [-0.3, -0.25) is 0 Å². The molecular weight excluding hydrogens is 278 g/mol. The summed E-state index contributed by atoms with van der Waals surface area (Å²) < 4.78 is 28.7. The van der Waals surface area contributed by atoms with Gasteiger partial charge in [-0.2, -0.15) is 8.78 Å². The summed E-state index contributed by atoms with van der Waals surface area (Å²) in [5.74, 6) is 0.197. The SMILES string of the molecule is FC(F)Oc1cc(CBr)c2ccccc2c1. The van der Waals surface area contributed by atoms with Crippen LogP contribution in [0.2, 0.25) is 0 Å². The summed E-state index contributed by atoms with van der Waals surface area (Å²) in [5, 5.41) is 2.55. The van der Waals surface area contributed by atoms with Crippen molar-refractivity contribution in [3.63, 3.8) is 0 Å². The molecule has 0 aromatic heterocycles. The van der Waals surface area contributed by atoms with Crippen LogP contribution in [0.15, 0.2) is 36.4 Å². The van der Waals surface area contributed by atoms with Gasteiger partial charge in [-0.05, 0) is 28.5 Å². The van der Waals surface area contributed by atoms with E-state index >= 15 is 0 Å². The quantitative estimate of drug-likeness (QED) is 0.763. The number of hydrogen-bond acceptors (Lipinski definition) is 1. The number of halogens is 3. The molecule has 0 aliphatic rings. The van der Waals surface area contributed by atoms with Crippen LogP contribution in [-0.4, -0.2) is 6.61 Å². The molecule has 0 aliphatic carbocycles. The van der Waals surface area contributed by atoms with Gasteiger partial charge in [0.1, 0.15) is 5.75 Å². The molecule has 0 atom stereocenters. The number of ether oxygens (including phenoxy) is 1. The second kappa shape index (κ2) is 4.78. The van der Waals surface area contributed by atoms with E-state index in [-0.39, 0.29) is 5.75 Å². The molecule has 0 radical (unpaired) electrons. The molecule has 0 bridgehead atoms. The highest BCUT2D eigenvalue weighted by molar-refractivity contribution is 9.08. The fourth-order valence-electron chi connectivity index (χ4n) is 1.64. The van der Waals surface area contributed by atoms with Crippen molar-refractivity contribution in [3.05, 3.63) is 42.0 Å². The van der Waals surface area contributed by atoms with Gasteiger partial charge in [0.15, 0.2) is 0 Å². The van der Waals surface area contributed by atoms with E-state index in [0.29, 0.717) is 5.33 Å². The van der Waals surface area contributed by atoms with Crippen LogP contribution in [0.1, 0.15) is 5.56 Å². The van der Waals surface area contributed by atoms with E-state index in [1.807, 2.05) is 24.3 Å². The van der Waals surface area contributed by atoms with E-state index in [4.69, 9.17) is 0 Å². The molecule has 0 N–H and O–H groups in total. The molecule has 2 rings (SSSR count). The van der Waals surface area contributed by atoms with Crippen LogP contribution in [0.4, 0.5) is 8.78 Å². The maximum Gasteiger partial charge on any atom is 0.387 e. The van der Waals surface area contributed by atoms with Crippen molar-refractivity contribution in [2.45, 2.75) is 11.9 Å². The Hall–Kier alpha value is -1.16. The van der Waals surface area contributed by atoms with E-state index in [1.54, 1.807) is 12.1 Å². The van der Waals surface area contributed by atoms with Crippen molar-refractivity contribution in [1.29, 1.82) is 0 Å². The zero-order valence-electron chi connectivity index (χ0n) is 8.29. The predicted molar refractivity (Wildman–Crippen MR) is 63.2 cm³/mol. The van der Waals surface area contributed by atoms with Crippen molar-refractivity contribution in [2.75, 3.05) is 0 Å². The van der Waals surface area contributed by atoms with Gasteiger partial charge in [-0.15, -0.1) is 0 Å². The second-order valence-corrected chi connectivity index (χ2v) is 3.88. The molecule has 1 nitrogen and oxygen atoms in total. The maximum absolute atomic E-state index is 12.1. The topological polar surface area (TPSA) is 9.23 Å². The highest BCUT2D eigenvalue weighted by Crippen LogP contribution is 2.27. The third-order valence-electron chi connectivity index (χ3n) is 2.29. The Morgan fingerprint density at radius 1 is 1.19 bits per heavy atom. The van der Waals surface area contributed by atoms with Crippen LogP contribution in [0.3, 0.4) is 0 Å². The lowest BCUT2D eigenvalue weighted by Crippen LogP contribution is -2.02. The Morgan fingerprint density at radius 3 is 2.62 bits per heavy atom. The van der Waals surface area contributed by atoms with Gasteiger partial charge in [0.25, 0.3) is 0 Å². The Kier molecular flexibility index (Phi) is 3.39. The zero-order valence-corrected chi connectivity index (χ0v) is 9.88. The lowest BCUT2D eigenvalue weighted by molar-refractivity contribution is -0.0497. The molecule has 0 fully saturated rings. The Bertz CT molecular complexity index is 499. The lowest BCUT2D eigenvalue weighted by atomic mass is 10.1. The standard InChI is InChI=1S/C12H9BrF2O/c13-7-9-6-10(16-12(14)15)5-8-3-1-2-4-11(8)9/h1-6,12H,7H2. The van der Waals surface area contributed by atoms with Crippen molar-refractivity contribution in [1.82, 2.24) is 0 Å². The molecule has 0 saturated carbocycles. The molecule has 0 saturated heterocycles. The van der Waals surface area contributed by atoms with Gasteiger partial charge in [0.05, 0.1) is 0 Å². The third kappa shape index (κ3) is 2.32. The van der Waals surface area contributed by atoms with E-state index in [9.17, 15) is 8.78 Å². The van der Waals surface area contributed by atoms with Crippen molar-refractivity contribution < 1.29 is 13.5 Å². The normalized spacial score (nSPS) is 11.0. The Morgan fingerprint density at radius 2 is 1.94 bits per heavy atom. The minimum absolute atomic E-state index is 0.197. The molecule has 2 aromatic rings. The molecule has 4 heteroatoms. The van der Waals surface area contributed by atoms with Crippen molar-refractivity contribution >= 4 is 26.7 Å². The van der Waals surface area contributed by atoms with Crippen LogP contribution in [0.25, 0.3) is 10.8 Å². The molecule has 0 aliphatic heterocycles. The van der Waals surface area contributed by atoms with Gasteiger partial charge in [-0.1, -0.05) is 40.2 Å². The van der Waals surface area contributed by atoms with Crippen LogP contribution < -0.4 is 4.74 Å². The molecular formula is C12H9BrF2O. The molecule has 0 spiro atoms. The first-order valence-electron chi connectivity index (χ1n) is 4.73. The van der Waals surface area contributed by atoms with Crippen molar-refractivity contribution in [3.8, 4) is 5.75 Å². The van der Waals surface area contributed by atoms with E-state index in [0.717, 1.165) is 16.3 Å². The number of fused-ring (bicyclic) bond motifs is 1. The van der Waals surface area contributed by atoms with Crippen LogP contribution in [-0.2, 0) is 5.33 Å². The summed E-state index contributed by atoms with van der Waals surface area (Å²) in [5.41, 5.74) is 0.939. The van der Waals surface area contributed by atoms with Crippen molar-refractivity contribution in [2.24, 2.45) is 0 Å². The molecule has 0 amide bonds. The Balaban J connectivity index is 2.54. The Labute approximate surface area is 100 Å². The number of hydrogen-bond donors (Lipinski definition) is 0. The maximum atomic E-state index is 12.1. The summed E-state index contributed by atoms with van der Waals surface area (Å²) in [6.07, 6.45) is 0. The fourth-order valence-corrected chi connectivity index (χ4v) is 2.11. The zero-order chi connectivity index (χ0) is 11.5. The lowest BCUT2D eigenvalue weighted by Gasteiger charge is -2.09. The fraction of sp³-hybridized carbons (Fsp3) is 0.167. The first kappa shape index (κ1) is 11.3. The highest BCUT2D eigenvalue weighted by Gasteiger charge is 2.08. The summed E-state index contributed by atoms with van der Waals surface area (Å²) in [7, 11) is 0. The first-order valence-corrected chi connectivity index (χ1v) is 5.85. The average molecular weight is 287 g/mol. The van der Waals surface area contributed by atoms with Gasteiger partial charge in [0, 0.05) is 5.33 Å². The summed E-state index contributed by atoms with van der Waals surface area (Å²) in [6, 6.07) is 10.9.